The van der Waals surface area contributed by atoms with Crippen molar-refractivity contribution in [2.24, 2.45) is 0 Å². The second-order valence-corrected chi connectivity index (χ2v) is 6.00. The second kappa shape index (κ2) is 6.60. The summed E-state index contributed by atoms with van der Waals surface area (Å²) < 4.78 is 14.0. The lowest BCUT2D eigenvalue weighted by atomic mass is 9.92. The topological polar surface area (TPSA) is 0 Å². The summed E-state index contributed by atoms with van der Waals surface area (Å²) in [6.07, 6.45) is 1.77. The van der Waals surface area contributed by atoms with Gasteiger partial charge in [0.2, 0.25) is 0 Å². The number of hydrogen-bond donors (Lipinski definition) is 0. The first-order valence-corrected chi connectivity index (χ1v) is 7.43. The fraction of sp³-hybridized carbons (Fsp3) is 0.294. The molecule has 0 aliphatic carbocycles. The maximum absolute atomic E-state index is 14.0. The molecule has 0 nitrogen and oxygen atoms in total. The highest BCUT2D eigenvalue weighted by Gasteiger charge is 2.13. The third-order valence-electron chi connectivity index (χ3n) is 3.66. The Morgan fingerprint density at radius 2 is 1.90 bits per heavy atom. The van der Waals surface area contributed by atoms with Crippen LogP contribution >= 0.6 is 23.2 Å². The van der Waals surface area contributed by atoms with Gasteiger partial charge in [0.15, 0.2) is 0 Å². The molecule has 0 saturated heterocycles. The van der Waals surface area contributed by atoms with E-state index in [1.54, 1.807) is 18.2 Å². The molecule has 0 amide bonds. The zero-order valence-corrected chi connectivity index (χ0v) is 13.1. The number of benzene rings is 2. The van der Waals surface area contributed by atoms with Gasteiger partial charge in [-0.15, -0.1) is 0 Å². The van der Waals surface area contributed by atoms with E-state index in [4.69, 9.17) is 23.2 Å². The lowest BCUT2D eigenvalue weighted by molar-refractivity contribution is 0.574. The maximum Gasteiger partial charge on any atom is 0.145 e. The molecule has 0 aliphatic rings. The van der Waals surface area contributed by atoms with Crippen LogP contribution in [0.1, 0.15) is 36.0 Å². The average molecular weight is 311 g/mol. The zero-order chi connectivity index (χ0) is 14.7. The molecule has 20 heavy (non-hydrogen) atoms. The molecule has 0 aliphatic heterocycles. The van der Waals surface area contributed by atoms with Gasteiger partial charge in [-0.1, -0.05) is 48.3 Å². The summed E-state index contributed by atoms with van der Waals surface area (Å²) in [5.41, 5.74) is 3.11. The number of hydrogen-bond acceptors (Lipinski definition) is 0. The van der Waals surface area contributed by atoms with Gasteiger partial charge in [0.1, 0.15) is 5.82 Å². The summed E-state index contributed by atoms with van der Waals surface area (Å²) in [5, 5.41) is 0.942. The fourth-order valence-electron chi connectivity index (χ4n) is 2.37. The Bertz CT molecular complexity index is 608. The molecule has 0 N–H and O–H groups in total. The Labute approximate surface area is 129 Å². The van der Waals surface area contributed by atoms with Crippen molar-refractivity contribution in [1.82, 2.24) is 0 Å². The van der Waals surface area contributed by atoms with E-state index in [0.29, 0.717) is 5.56 Å². The van der Waals surface area contributed by atoms with Crippen LogP contribution in [-0.4, -0.2) is 0 Å². The molecule has 2 aromatic rings. The van der Waals surface area contributed by atoms with E-state index in [0.717, 1.165) is 17.9 Å². The van der Waals surface area contributed by atoms with E-state index in [1.807, 2.05) is 32.0 Å². The molecule has 2 aromatic carbocycles. The van der Waals surface area contributed by atoms with Gasteiger partial charge >= 0.3 is 0 Å². The van der Waals surface area contributed by atoms with Crippen LogP contribution in [0.3, 0.4) is 0 Å². The van der Waals surface area contributed by atoms with Crippen LogP contribution in [0.15, 0.2) is 36.4 Å². The summed E-state index contributed by atoms with van der Waals surface area (Å²) in [7, 11) is 0. The molecule has 0 radical (unpaired) electrons. The molecule has 0 heterocycles. The van der Waals surface area contributed by atoms with Crippen molar-refractivity contribution >= 4 is 23.2 Å². The highest BCUT2D eigenvalue weighted by atomic mass is 35.5. The summed E-state index contributed by atoms with van der Waals surface area (Å²) in [6, 6.07) is 11.1. The Hall–Kier alpha value is -1.05. The van der Waals surface area contributed by atoms with E-state index in [1.165, 1.54) is 11.1 Å². The molecule has 1 atom stereocenters. The third-order valence-corrected chi connectivity index (χ3v) is 4.19. The molecule has 0 fully saturated rings. The summed E-state index contributed by atoms with van der Waals surface area (Å²) >= 11 is 11.8. The lowest BCUT2D eigenvalue weighted by Gasteiger charge is -2.14. The molecule has 0 aromatic heterocycles. The first-order chi connectivity index (χ1) is 9.49. The van der Waals surface area contributed by atoms with Crippen LogP contribution in [0.25, 0.3) is 0 Å². The molecule has 2 rings (SSSR count). The van der Waals surface area contributed by atoms with E-state index in [-0.39, 0.29) is 16.8 Å². The predicted molar refractivity (Wildman–Crippen MR) is 84.3 cm³/mol. The zero-order valence-electron chi connectivity index (χ0n) is 11.6. The van der Waals surface area contributed by atoms with E-state index in [2.05, 4.69) is 0 Å². The molecule has 1 unspecified atom stereocenters. The Morgan fingerprint density at radius 1 is 1.15 bits per heavy atom. The van der Waals surface area contributed by atoms with Gasteiger partial charge in [-0.05, 0) is 60.6 Å². The van der Waals surface area contributed by atoms with Gasteiger partial charge in [-0.3, -0.25) is 0 Å². The van der Waals surface area contributed by atoms with Crippen molar-refractivity contribution in [3.05, 3.63) is 69.0 Å². The van der Waals surface area contributed by atoms with Crippen LogP contribution in [0.4, 0.5) is 4.39 Å². The number of halogens is 3. The van der Waals surface area contributed by atoms with Gasteiger partial charge in [0, 0.05) is 5.02 Å². The van der Waals surface area contributed by atoms with Crippen LogP contribution in [0.2, 0.25) is 10.0 Å². The van der Waals surface area contributed by atoms with Crippen molar-refractivity contribution in [3.63, 3.8) is 0 Å². The van der Waals surface area contributed by atoms with Crippen molar-refractivity contribution in [3.8, 4) is 0 Å². The predicted octanol–water partition coefficient (Wildman–Crippen LogP) is 6.18. The standard InChI is InChI=1S/C17H17Cl2F/c1-11(15-4-3-5-16(19)17(15)20)6-7-13-8-9-14(18)10-12(13)2/h3-5,8-11H,6-7H2,1-2H3. The third kappa shape index (κ3) is 3.53. The van der Waals surface area contributed by atoms with Crippen molar-refractivity contribution < 1.29 is 4.39 Å². The quantitative estimate of drug-likeness (QED) is 0.632. The number of rotatable bonds is 4. The first-order valence-electron chi connectivity index (χ1n) is 6.68. The van der Waals surface area contributed by atoms with Crippen LogP contribution < -0.4 is 0 Å². The van der Waals surface area contributed by atoms with Crippen LogP contribution in [0, 0.1) is 12.7 Å². The fourth-order valence-corrected chi connectivity index (χ4v) is 2.78. The Morgan fingerprint density at radius 3 is 2.60 bits per heavy atom. The van der Waals surface area contributed by atoms with E-state index in [9.17, 15) is 4.39 Å². The smallest absolute Gasteiger partial charge is 0.145 e. The lowest BCUT2D eigenvalue weighted by Crippen LogP contribution is -2.01. The van der Waals surface area contributed by atoms with Crippen molar-refractivity contribution in [2.45, 2.75) is 32.6 Å². The minimum Gasteiger partial charge on any atom is -0.205 e. The average Bonchev–Trinajstić information content (AvgIpc) is 2.40. The Kier molecular flexibility index (Phi) is 5.06. The highest BCUT2D eigenvalue weighted by molar-refractivity contribution is 6.31. The normalized spacial score (nSPS) is 12.4. The van der Waals surface area contributed by atoms with E-state index < -0.39 is 0 Å². The highest BCUT2D eigenvalue weighted by Crippen LogP contribution is 2.28. The minimum atomic E-state index is -0.297. The van der Waals surface area contributed by atoms with Crippen molar-refractivity contribution in [1.29, 1.82) is 0 Å². The molecule has 0 bridgehead atoms. The van der Waals surface area contributed by atoms with Gasteiger partial charge in [-0.25, -0.2) is 4.39 Å². The minimum absolute atomic E-state index is 0.128. The first kappa shape index (κ1) is 15.3. The second-order valence-electron chi connectivity index (χ2n) is 5.15. The largest absolute Gasteiger partial charge is 0.205 e. The van der Waals surface area contributed by atoms with Crippen LogP contribution in [0.5, 0.6) is 0 Å². The van der Waals surface area contributed by atoms with Crippen molar-refractivity contribution in [2.75, 3.05) is 0 Å². The Balaban J connectivity index is 2.08. The van der Waals surface area contributed by atoms with Gasteiger partial charge in [-0.2, -0.15) is 0 Å². The van der Waals surface area contributed by atoms with Gasteiger partial charge < -0.3 is 0 Å². The monoisotopic (exact) mass is 310 g/mol. The van der Waals surface area contributed by atoms with Gasteiger partial charge in [0.25, 0.3) is 0 Å². The summed E-state index contributed by atoms with van der Waals surface area (Å²) in [4.78, 5) is 0. The maximum atomic E-state index is 14.0. The molecule has 0 saturated carbocycles. The molecular weight excluding hydrogens is 294 g/mol. The van der Waals surface area contributed by atoms with Gasteiger partial charge in [0.05, 0.1) is 5.02 Å². The molecular formula is C17H17Cl2F. The molecule has 106 valence electrons. The summed E-state index contributed by atoms with van der Waals surface area (Å²) in [5.74, 6) is -0.168. The summed E-state index contributed by atoms with van der Waals surface area (Å²) in [6.45, 7) is 4.08. The van der Waals surface area contributed by atoms with E-state index >= 15 is 0 Å². The molecule has 0 spiro atoms. The molecule has 3 heteroatoms. The SMILES string of the molecule is Cc1cc(Cl)ccc1CCC(C)c1cccc(Cl)c1F. The number of aryl methyl sites for hydroxylation is 2. The van der Waals surface area contributed by atoms with Crippen LogP contribution in [-0.2, 0) is 6.42 Å².